The summed E-state index contributed by atoms with van der Waals surface area (Å²) in [5.74, 6) is 0. The molecule has 1 aliphatic heterocycles. The van der Waals surface area contributed by atoms with E-state index in [0.717, 1.165) is 42.2 Å². The minimum atomic E-state index is -0.158. The first kappa shape index (κ1) is 15.2. The fraction of sp³-hybridized carbons (Fsp3) is 0.400. The number of halogens is 1. The van der Waals surface area contributed by atoms with E-state index < -0.39 is 0 Å². The van der Waals surface area contributed by atoms with Crippen LogP contribution in [0.4, 0.5) is 4.79 Å². The number of hydrogen-bond donors (Lipinski definition) is 0. The van der Waals surface area contributed by atoms with Gasteiger partial charge in [0.15, 0.2) is 4.80 Å². The molecule has 2 aromatic rings. The van der Waals surface area contributed by atoms with Crippen molar-refractivity contribution in [2.75, 3.05) is 13.1 Å². The molecular weight excluding hydrogens is 320 g/mol. The van der Waals surface area contributed by atoms with Gasteiger partial charge >= 0.3 is 6.03 Å². The van der Waals surface area contributed by atoms with Crippen LogP contribution in [0.25, 0.3) is 5.69 Å². The predicted molar refractivity (Wildman–Crippen MR) is 87.7 cm³/mol. The van der Waals surface area contributed by atoms with E-state index in [9.17, 15) is 4.79 Å². The highest BCUT2D eigenvalue weighted by atomic mass is 35.5. The van der Waals surface area contributed by atoms with Crippen molar-refractivity contribution in [1.29, 1.82) is 0 Å². The lowest BCUT2D eigenvalue weighted by Gasteiger charge is -2.11. The Labute approximate surface area is 137 Å². The largest absolute Gasteiger partial charge is 0.346 e. The average Bonchev–Trinajstić information content (AvgIpc) is 3.11. The van der Waals surface area contributed by atoms with Crippen LogP contribution in [-0.4, -0.2) is 33.6 Å². The minimum absolute atomic E-state index is 0.158. The second kappa shape index (κ2) is 6.22. The Morgan fingerprint density at radius 3 is 2.68 bits per heavy atom. The number of nitrogens with zero attached hydrogens (tertiary/aromatic N) is 4. The molecule has 0 atom stereocenters. The van der Waals surface area contributed by atoms with Crippen LogP contribution in [0.15, 0.2) is 23.3 Å². The number of pyridine rings is 1. The van der Waals surface area contributed by atoms with Crippen molar-refractivity contribution < 1.29 is 4.79 Å². The molecule has 1 fully saturated rings. The van der Waals surface area contributed by atoms with Crippen LogP contribution in [0, 0.1) is 13.8 Å². The standard InChI is InChI=1S/C15H17ClN4OS/c1-10-11(2)22-15(18-14(21)19-7-3-4-8-19)20(10)12-5-6-13(16)17-9-12/h5-6,9H,3-4,7-8H2,1-2H3. The summed E-state index contributed by atoms with van der Waals surface area (Å²) < 4.78 is 1.96. The zero-order valence-corrected chi connectivity index (χ0v) is 14.1. The van der Waals surface area contributed by atoms with Crippen molar-refractivity contribution >= 4 is 29.0 Å². The lowest BCUT2D eigenvalue weighted by Crippen LogP contribution is -2.27. The van der Waals surface area contributed by atoms with Crippen LogP contribution < -0.4 is 4.80 Å². The first-order valence-corrected chi connectivity index (χ1v) is 8.40. The van der Waals surface area contributed by atoms with E-state index in [-0.39, 0.29) is 6.03 Å². The number of hydrogen-bond acceptors (Lipinski definition) is 3. The van der Waals surface area contributed by atoms with Crippen LogP contribution in [0.3, 0.4) is 0 Å². The van der Waals surface area contributed by atoms with Gasteiger partial charge in [-0.25, -0.2) is 9.78 Å². The maximum atomic E-state index is 12.3. The van der Waals surface area contributed by atoms with Gasteiger partial charge in [-0.05, 0) is 38.8 Å². The van der Waals surface area contributed by atoms with Crippen molar-refractivity contribution in [2.24, 2.45) is 4.99 Å². The molecule has 5 nitrogen and oxygen atoms in total. The Morgan fingerprint density at radius 2 is 2.05 bits per heavy atom. The summed E-state index contributed by atoms with van der Waals surface area (Å²) in [6.45, 7) is 5.64. The Hall–Kier alpha value is -1.66. The van der Waals surface area contributed by atoms with Crippen LogP contribution >= 0.6 is 22.9 Å². The van der Waals surface area contributed by atoms with Crippen LogP contribution in [0.2, 0.25) is 5.15 Å². The van der Waals surface area contributed by atoms with E-state index in [4.69, 9.17) is 11.6 Å². The van der Waals surface area contributed by atoms with Gasteiger partial charge in [-0.15, -0.1) is 11.3 Å². The Balaban J connectivity index is 2.06. The van der Waals surface area contributed by atoms with Gasteiger partial charge in [0.05, 0.1) is 11.9 Å². The summed E-state index contributed by atoms with van der Waals surface area (Å²) in [7, 11) is 0. The normalized spacial score (nSPS) is 15.6. The van der Waals surface area contributed by atoms with Crippen LogP contribution in [-0.2, 0) is 0 Å². The summed E-state index contributed by atoms with van der Waals surface area (Å²) in [4.78, 5) is 24.3. The van der Waals surface area contributed by atoms with E-state index >= 15 is 0 Å². The third-order valence-electron chi connectivity index (χ3n) is 3.82. The molecule has 0 unspecified atom stereocenters. The van der Waals surface area contributed by atoms with E-state index in [1.807, 2.05) is 24.5 Å². The summed E-state index contributed by atoms with van der Waals surface area (Å²) in [5, 5.41) is 0.445. The lowest BCUT2D eigenvalue weighted by molar-refractivity contribution is 0.218. The summed E-state index contributed by atoms with van der Waals surface area (Å²) in [5.41, 5.74) is 1.92. The smallest absolute Gasteiger partial charge is 0.323 e. The van der Waals surface area contributed by atoms with E-state index in [1.54, 1.807) is 17.2 Å². The molecule has 22 heavy (non-hydrogen) atoms. The topological polar surface area (TPSA) is 50.5 Å². The highest BCUT2D eigenvalue weighted by Gasteiger charge is 2.18. The molecule has 2 aromatic heterocycles. The molecular formula is C15H17ClN4OS. The third kappa shape index (κ3) is 2.94. The third-order valence-corrected chi connectivity index (χ3v) is 5.10. The highest BCUT2D eigenvalue weighted by Crippen LogP contribution is 2.17. The molecule has 3 rings (SSSR count). The number of aryl methyl sites for hydroxylation is 1. The molecule has 7 heteroatoms. The second-order valence-corrected chi connectivity index (χ2v) is 6.86. The first-order chi connectivity index (χ1) is 10.6. The molecule has 0 radical (unpaired) electrons. The van der Waals surface area contributed by atoms with Crippen molar-refractivity contribution in [3.63, 3.8) is 0 Å². The van der Waals surface area contributed by atoms with Crippen molar-refractivity contribution in [3.05, 3.63) is 38.9 Å². The number of carbonyl (C=O) groups is 1. The van der Waals surface area contributed by atoms with Gasteiger partial charge in [0.25, 0.3) is 0 Å². The molecule has 0 bridgehead atoms. The molecule has 116 valence electrons. The number of thiazole rings is 1. The maximum absolute atomic E-state index is 12.3. The Bertz CT molecular complexity index is 757. The fourth-order valence-electron chi connectivity index (χ4n) is 2.50. The fourth-order valence-corrected chi connectivity index (χ4v) is 3.58. The molecule has 2 amide bonds. The summed E-state index contributed by atoms with van der Waals surface area (Å²) in [6, 6.07) is 3.46. The van der Waals surface area contributed by atoms with Crippen molar-refractivity contribution in [2.45, 2.75) is 26.7 Å². The van der Waals surface area contributed by atoms with Gasteiger partial charge in [-0.2, -0.15) is 4.99 Å². The monoisotopic (exact) mass is 336 g/mol. The maximum Gasteiger partial charge on any atom is 0.346 e. The number of aromatic nitrogens is 2. The molecule has 0 saturated carbocycles. The SMILES string of the molecule is Cc1sc(=NC(=O)N2CCCC2)n(-c2ccc(Cl)nc2)c1C. The van der Waals surface area contributed by atoms with Gasteiger partial charge in [-0.1, -0.05) is 11.6 Å². The number of urea groups is 1. The number of amides is 2. The molecule has 0 spiro atoms. The molecule has 0 N–H and O–H groups in total. The second-order valence-electron chi connectivity index (χ2n) is 5.29. The highest BCUT2D eigenvalue weighted by molar-refractivity contribution is 7.09. The summed E-state index contributed by atoms with van der Waals surface area (Å²) >= 11 is 7.37. The lowest BCUT2D eigenvalue weighted by atomic mass is 10.3. The van der Waals surface area contributed by atoms with E-state index in [2.05, 4.69) is 9.98 Å². The van der Waals surface area contributed by atoms with Crippen molar-refractivity contribution in [3.8, 4) is 5.69 Å². The molecule has 0 aliphatic carbocycles. The molecule has 0 aromatic carbocycles. The van der Waals surface area contributed by atoms with Gasteiger partial charge in [0.2, 0.25) is 0 Å². The van der Waals surface area contributed by atoms with Gasteiger partial charge in [0, 0.05) is 23.7 Å². The van der Waals surface area contributed by atoms with E-state index in [1.165, 1.54) is 11.3 Å². The van der Waals surface area contributed by atoms with Crippen molar-refractivity contribution in [1.82, 2.24) is 14.5 Å². The number of carbonyl (C=O) groups excluding carboxylic acids is 1. The van der Waals surface area contributed by atoms with Crippen LogP contribution in [0.5, 0.6) is 0 Å². The Kier molecular flexibility index (Phi) is 4.31. The van der Waals surface area contributed by atoms with Crippen LogP contribution in [0.1, 0.15) is 23.4 Å². The number of likely N-dealkylation sites (tertiary alicyclic amines) is 1. The zero-order chi connectivity index (χ0) is 15.7. The van der Waals surface area contributed by atoms with Gasteiger partial charge < -0.3 is 4.90 Å². The molecule has 1 aliphatic rings. The first-order valence-electron chi connectivity index (χ1n) is 7.21. The van der Waals surface area contributed by atoms with Gasteiger partial charge in [0.1, 0.15) is 5.15 Å². The molecule has 1 saturated heterocycles. The zero-order valence-electron chi connectivity index (χ0n) is 12.5. The predicted octanol–water partition coefficient (Wildman–Crippen LogP) is 3.32. The van der Waals surface area contributed by atoms with E-state index in [0.29, 0.717) is 9.95 Å². The number of rotatable bonds is 1. The quantitative estimate of drug-likeness (QED) is 0.750. The average molecular weight is 337 g/mol. The van der Waals surface area contributed by atoms with Gasteiger partial charge in [-0.3, -0.25) is 4.57 Å². The minimum Gasteiger partial charge on any atom is -0.323 e. The Morgan fingerprint density at radius 1 is 1.32 bits per heavy atom. The molecule has 3 heterocycles. The summed E-state index contributed by atoms with van der Waals surface area (Å²) in [6.07, 6.45) is 3.82.